The summed E-state index contributed by atoms with van der Waals surface area (Å²) >= 11 is 0. The minimum atomic E-state index is -4.41. The van der Waals surface area contributed by atoms with Crippen LogP contribution in [0, 0.1) is 0 Å². The van der Waals surface area contributed by atoms with E-state index in [4.69, 9.17) is 10.5 Å². The third-order valence-electron chi connectivity index (χ3n) is 3.07. The molecule has 0 unspecified atom stereocenters. The average molecular weight is 295 g/mol. The van der Waals surface area contributed by atoms with Gasteiger partial charge in [0.05, 0.1) is 5.56 Å². The first-order valence-corrected chi connectivity index (χ1v) is 6.41. The number of hydrogen-bond acceptors (Lipinski definition) is 4. The van der Waals surface area contributed by atoms with Crippen LogP contribution >= 0.6 is 0 Å². The predicted molar refractivity (Wildman–Crippen MR) is 69.9 cm³/mol. The van der Waals surface area contributed by atoms with Crippen molar-refractivity contribution in [3.05, 3.63) is 41.7 Å². The monoisotopic (exact) mass is 295 g/mol. The van der Waals surface area contributed by atoms with Crippen molar-refractivity contribution in [3.8, 4) is 11.6 Å². The summed E-state index contributed by atoms with van der Waals surface area (Å²) < 4.78 is 43.3. The molecule has 4 nitrogen and oxygen atoms in total. The third-order valence-corrected chi connectivity index (χ3v) is 3.07. The topological polar surface area (TPSA) is 61.0 Å². The van der Waals surface area contributed by atoms with Crippen molar-refractivity contribution >= 4 is 5.82 Å². The van der Waals surface area contributed by atoms with Crippen LogP contribution in [0.3, 0.4) is 0 Å². The number of nitrogen functional groups attached to an aromatic ring is 1. The van der Waals surface area contributed by atoms with Gasteiger partial charge in [-0.2, -0.15) is 18.2 Å². The molecule has 0 aliphatic heterocycles. The van der Waals surface area contributed by atoms with Gasteiger partial charge >= 0.3 is 6.18 Å². The highest BCUT2D eigenvalue weighted by Gasteiger charge is 2.31. The molecule has 1 aromatic heterocycles. The van der Waals surface area contributed by atoms with Crippen LogP contribution in [0.5, 0.6) is 11.6 Å². The number of anilines is 1. The Balaban J connectivity index is 1.86. The summed E-state index contributed by atoms with van der Waals surface area (Å²) in [4.78, 5) is 8.29. The molecule has 2 aromatic rings. The molecule has 1 saturated carbocycles. The zero-order valence-electron chi connectivity index (χ0n) is 10.9. The molecule has 0 amide bonds. The molecule has 2 N–H and O–H groups in total. The van der Waals surface area contributed by atoms with Crippen LogP contribution in [0.25, 0.3) is 0 Å². The normalized spacial score (nSPS) is 15.0. The Morgan fingerprint density at radius 2 is 1.90 bits per heavy atom. The van der Waals surface area contributed by atoms with Crippen molar-refractivity contribution in [3.63, 3.8) is 0 Å². The van der Waals surface area contributed by atoms with Gasteiger partial charge in [-0.3, -0.25) is 0 Å². The fraction of sp³-hybridized carbons (Fsp3) is 0.286. The van der Waals surface area contributed by atoms with Crippen LogP contribution in [-0.2, 0) is 6.18 Å². The zero-order valence-corrected chi connectivity index (χ0v) is 10.9. The van der Waals surface area contributed by atoms with E-state index in [0.29, 0.717) is 5.82 Å². The summed E-state index contributed by atoms with van der Waals surface area (Å²) in [5.74, 6) is 1.32. The first kappa shape index (κ1) is 13.7. The molecule has 1 aliphatic rings. The molecular weight excluding hydrogens is 283 g/mol. The molecule has 0 atom stereocenters. The lowest BCUT2D eigenvalue weighted by Crippen LogP contribution is -2.05. The van der Waals surface area contributed by atoms with Gasteiger partial charge in [0.25, 0.3) is 0 Å². The molecular formula is C14H12F3N3O. The van der Waals surface area contributed by atoms with Gasteiger partial charge in [-0.05, 0) is 31.0 Å². The molecule has 3 rings (SSSR count). The molecule has 0 bridgehead atoms. The standard InChI is InChI=1S/C14H12F3N3O/c15-14(16,17)9-2-1-3-10(6-9)21-12-7-11(18)19-13(20-12)8-4-5-8/h1-3,6-8H,4-5H2,(H2,18,19,20). The van der Waals surface area contributed by atoms with E-state index in [1.54, 1.807) is 0 Å². The van der Waals surface area contributed by atoms with Crippen LogP contribution in [0.1, 0.15) is 30.1 Å². The van der Waals surface area contributed by atoms with E-state index >= 15 is 0 Å². The number of hydrogen-bond donors (Lipinski definition) is 1. The maximum absolute atomic E-state index is 12.6. The quantitative estimate of drug-likeness (QED) is 0.936. The molecule has 1 fully saturated rings. The Kier molecular flexibility index (Phi) is 3.19. The Bertz CT molecular complexity index is 669. The van der Waals surface area contributed by atoms with Gasteiger partial charge in [-0.15, -0.1) is 0 Å². The van der Waals surface area contributed by atoms with E-state index in [2.05, 4.69) is 9.97 Å². The summed E-state index contributed by atoms with van der Waals surface area (Å²) in [6, 6.07) is 6.02. The van der Waals surface area contributed by atoms with Gasteiger partial charge in [0.1, 0.15) is 17.4 Å². The lowest BCUT2D eigenvalue weighted by Gasteiger charge is -2.10. The number of ether oxygens (including phenoxy) is 1. The number of benzene rings is 1. The van der Waals surface area contributed by atoms with Gasteiger partial charge in [0.2, 0.25) is 5.88 Å². The predicted octanol–water partition coefficient (Wildman–Crippen LogP) is 3.75. The van der Waals surface area contributed by atoms with Crippen molar-refractivity contribution < 1.29 is 17.9 Å². The van der Waals surface area contributed by atoms with Gasteiger partial charge < -0.3 is 10.5 Å². The third kappa shape index (κ3) is 3.24. The van der Waals surface area contributed by atoms with Crippen LogP contribution in [0.4, 0.5) is 19.0 Å². The minimum absolute atomic E-state index is 0.0599. The smallest absolute Gasteiger partial charge is 0.416 e. The number of nitrogens with zero attached hydrogens (tertiary/aromatic N) is 2. The van der Waals surface area contributed by atoms with Gasteiger partial charge in [0.15, 0.2) is 0 Å². The Hall–Kier alpha value is -2.31. The van der Waals surface area contributed by atoms with Crippen LogP contribution in [-0.4, -0.2) is 9.97 Å². The number of halogens is 3. The number of rotatable bonds is 3. The van der Waals surface area contributed by atoms with E-state index < -0.39 is 11.7 Å². The largest absolute Gasteiger partial charge is 0.439 e. The summed E-state index contributed by atoms with van der Waals surface area (Å²) in [6.45, 7) is 0. The summed E-state index contributed by atoms with van der Waals surface area (Å²) in [7, 11) is 0. The van der Waals surface area contributed by atoms with E-state index in [-0.39, 0.29) is 23.4 Å². The molecule has 21 heavy (non-hydrogen) atoms. The minimum Gasteiger partial charge on any atom is -0.439 e. The summed E-state index contributed by atoms with van der Waals surface area (Å²) in [6.07, 6.45) is -2.43. The van der Waals surface area contributed by atoms with Crippen molar-refractivity contribution in [2.24, 2.45) is 0 Å². The Labute approximate surface area is 118 Å². The van der Waals surface area contributed by atoms with Crippen molar-refractivity contribution in [2.45, 2.75) is 24.9 Å². The van der Waals surface area contributed by atoms with E-state index in [9.17, 15) is 13.2 Å². The number of nitrogens with two attached hydrogens (primary N) is 1. The first-order valence-electron chi connectivity index (χ1n) is 6.41. The molecule has 110 valence electrons. The Morgan fingerprint density at radius 3 is 2.57 bits per heavy atom. The van der Waals surface area contributed by atoms with Gasteiger partial charge in [-0.1, -0.05) is 6.07 Å². The second kappa shape index (κ2) is 4.91. The fourth-order valence-electron chi connectivity index (χ4n) is 1.89. The highest BCUT2D eigenvalue weighted by atomic mass is 19.4. The number of alkyl halides is 3. The summed E-state index contributed by atoms with van der Waals surface area (Å²) in [5, 5.41) is 0. The molecule has 0 saturated heterocycles. The Morgan fingerprint density at radius 1 is 1.14 bits per heavy atom. The molecule has 7 heteroatoms. The first-order chi connectivity index (χ1) is 9.91. The molecule has 1 heterocycles. The van der Waals surface area contributed by atoms with Crippen molar-refractivity contribution in [2.75, 3.05) is 5.73 Å². The molecule has 0 radical (unpaired) electrons. The van der Waals surface area contributed by atoms with Crippen LogP contribution in [0.15, 0.2) is 30.3 Å². The molecule has 0 spiro atoms. The highest BCUT2D eigenvalue weighted by molar-refractivity contribution is 5.38. The fourth-order valence-corrected chi connectivity index (χ4v) is 1.89. The lowest BCUT2D eigenvalue weighted by molar-refractivity contribution is -0.137. The molecule has 1 aliphatic carbocycles. The van der Waals surface area contributed by atoms with E-state index in [0.717, 1.165) is 25.0 Å². The van der Waals surface area contributed by atoms with Crippen LogP contribution in [0.2, 0.25) is 0 Å². The van der Waals surface area contributed by atoms with E-state index in [1.165, 1.54) is 18.2 Å². The second-order valence-electron chi connectivity index (χ2n) is 4.89. The van der Waals surface area contributed by atoms with Crippen molar-refractivity contribution in [1.82, 2.24) is 9.97 Å². The van der Waals surface area contributed by atoms with E-state index in [1.807, 2.05) is 0 Å². The average Bonchev–Trinajstić information content (AvgIpc) is 3.21. The zero-order chi connectivity index (χ0) is 15.0. The van der Waals surface area contributed by atoms with Gasteiger partial charge in [0, 0.05) is 12.0 Å². The second-order valence-corrected chi connectivity index (χ2v) is 4.89. The summed E-state index contributed by atoms with van der Waals surface area (Å²) in [5.41, 5.74) is 4.89. The highest BCUT2D eigenvalue weighted by Crippen LogP contribution is 2.39. The van der Waals surface area contributed by atoms with Crippen LogP contribution < -0.4 is 10.5 Å². The SMILES string of the molecule is Nc1cc(Oc2cccc(C(F)(F)F)c2)nc(C2CC2)n1. The maximum atomic E-state index is 12.6. The number of aromatic nitrogens is 2. The molecule has 1 aromatic carbocycles. The lowest BCUT2D eigenvalue weighted by atomic mass is 10.2. The maximum Gasteiger partial charge on any atom is 0.416 e. The van der Waals surface area contributed by atoms with Crippen molar-refractivity contribution in [1.29, 1.82) is 0 Å². The van der Waals surface area contributed by atoms with Gasteiger partial charge in [-0.25, -0.2) is 4.98 Å².